The lowest BCUT2D eigenvalue weighted by atomic mass is 10.2. The smallest absolute Gasteiger partial charge is 0.413 e. The van der Waals surface area contributed by atoms with E-state index in [1.807, 2.05) is 10.9 Å². The van der Waals surface area contributed by atoms with E-state index in [0.29, 0.717) is 0 Å². The molecule has 0 fully saturated rings. The van der Waals surface area contributed by atoms with Gasteiger partial charge in [0.05, 0.1) is 0 Å². The Balaban J connectivity index is 2.69. The van der Waals surface area contributed by atoms with Crippen molar-refractivity contribution in [3.8, 4) is 0 Å². The monoisotopic (exact) mass is 311 g/mol. The van der Waals surface area contributed by atoms with Gasteiger partial charge in [-0.3, -0.25) is 30.3 Å². The summed E-state index contributed by atoms with van der Waals surface area (Å²) in [5, 5.41) is 2.31. The van der Waals surface area contributed by atoms with Crippen LogP contribution in [0.1, 0.15) is 20.8 Å². The number of hydrazine groups is 1. The molecule has 0 saturated carbocycles. The maximum atomic E-state index is 11.7. The van der Waals surface area contributed by atoms with Crippen LogP contribution in [0.2, 0.25) is 0 Å². The van der Waals surface area contributed by atoms with Crippen LogP contribution in [0.25, 0.3) is 0 Å². The van der Waals surface area contributed by atoms with Crippen molar-refractivity contribution in [3.05, 3.63) is 22.7 Å². The summed E-state index contributed by atoms with van der Waals surface area (Å²) >= 11 is 0. The van der Waals surface area contributed by atoms with Crippen molar-refractivity contribution in [1.82, 2.24) is 20.4 Å². The van der Waals surface area contributed by atoms with E-state index in [1.54, 1.807) is 20.8 Å². The lowest BCUT2D eigenvalue weighted by molar-refractivity contribution is -0.125. The van der Waals surface area contributed by atoms with Gasteiger partial charge in [-0.1, -0.05) is 0 Å². The molecular formula is C12H17N5O5. The largest absolute Gasteiger partial charge is 0.444 e. The van der Waals surface area contributed by atoms with Crippen LogP contribution in [0.3, 0.4) is 0 Å². The van der Waals surface area contributed by atoms with Crippen molar-refractivity contribution >= 4 is 24.2 Å². The quantitative estimate of drug-likeness (QED) is 0.490. The number of carbonyl (C=O) groups is 3. The minimum Gasteiger partial charge on any atom is -0.444 e. The van der Waals surface area contributed by atoms with Gasteiger partial charge in [0.25, 0.3) is 5.91 Å². The Morgan fingerprint density at radius 2 is 2.09 bits per heavy atom. The molecule has 0 radical (unpaired) electrons. The highest BCUT2D eigenvalue weighted by Gasteiger charge is 2.16. The Kier molecular flexibility index (Phi) is 5.61. The van der Waals surface area contributed by atoms with Crippen molar-refractivity contribution in [2.45, 2.75) is 32.9 Å². The third-order valence-electron chi connectivity index (χ3n) is 2.09. The molecule has 0 aromatic carbocycles. The average Bonchev–Trinajstić information content (AvgIpc) is 2.37. The van der Waals surface area contributed by atoms with Gasteiger partial charge in [0.1, 0.15) is 18.0 Å². The number of anilines is 1. The second-order valence-electron chi connectivity index (χ2n) is 5.16. The van der Waals surface area contributed by atoms with Gasteiger partial charge in [0.2, 0.25) is 6.41 Å². The molecule has 1 aromatic heterocycles. The topological polar surface area (TPSA) is 131 Å². The molecule has 0 bridgehead atoms. The lowest BCUT2D eigenvalue weighted by Crippen LogP contribution is -2.40. The molecule has 0 unspecified atom stereocenters. The fourth-order valence-electron chi connectivity index (χ4n) is 1.33. The highest BCUT2D eigenvalue weighted by Crippen LogP contribution is 2.08. The maximum absolute atomic E-state index is 11.7. The first-order valence-electron chi connectivity index (χ1n) is 6.27. The molecule has 0 saturated heterocycles. The van der Waals surface area contributed by atoms with Gasteiger partial charge in [0, 0.05) is 6.20 Å². The van der Waals surface area contributed by atoms with E-state index in [9.17, 15) is 19.2 Å². The van der Waals surface area contributed by atoms with Gasteiger partial charge in [0.15, 0.2) is 0 Å². The van der Waals surface area contributed by atoms with Crippen molar-refractivity contribution in [2.75, 3.05) is 5.32 Å². The fourth-order valence-corrected chi connectivity index (χ4v) is 1.33. The van der Waals surface area contributed by atoms with Crippen LogP contribution in [-0.2, 0) is 20.9 Å². The highest BCUT2D eigenvalue weighted by molar-refractivity contribution is 5.83. The first-order chi connectivity index (χ1) is 10.2. The van der Waals surface area contributed by atoms with E-state index in [0.717, 1.165) is 4.57 Å². The number of nitrogens with zero attached hydrogens (tertiary/aromatic N) is 2. The van der Waals surface area contributed by atoms with Crippen LogP contribution in [-0.4, -0.2) is 33.6 Å². The van der Waals surface area contributed by atoms with Gasteiger partial charge in [-0.2, -0.15) is 4.98 Å². The second kappa shape index (κ2) is 7.20. The molecule has 22 heavy (non-hydrogen) atoms. The zero-order valence-electron chi connectivity index (χ0n) is 12.4. The van der Waals surface area contributed by atoms with Crippen molar-refractivity contribution in [1.29, 1.82) is 0 Å². The predicted molar refractivity (Wildman–Crippen MR) is 75.7 cm³/mol. The summed E-state index contributed by atoms with van der Waals surface area (Å²) in [7, 11) is 0. The number of nitrogens with one attached hydrogen (secondary N) is 3. The molecule has 0 aliphatic heterocycles. The molecule has 10 nitrogen and oxygen atoms in total. The molecule has 0 aliphatic carbocycles. The minimum absolute atomic E-state index is 0.00178. The molecule has 10 heteroatoms. The molecule has 120 valence electrons. The molecule has 0 aliphatic rings. The summed E-state index contributed by atoms with van der Waals surface area (Å²) in [4.78, 5) is 48.2. The number of hydrogen-bond acceptors (Lipinski definition) is 6. The lowest BCUT2D eigenvalue weighted by Gasteiger charge is -2.19. The van der Waals surface area contributed by atoms with Crippen LogP contribution >= 0.6 is 0 Å². The standard InChI is InChI=1S/C12H17N5O5/c1-12(2,3)22-11(21)15-8-4-5-17(10(20)14-8)6-9(19)16-13-7-18/h4-5,7H,6H2,1-3H3,(H,13,18)(H,16,19)(H,14,15,20,21). The van der Waals surface area contributed by atoms with E-state index < -0.39 is 23.3 Å². The van der Waals surface area contributed by atoms with Crippen molar-refractivity contribution < 1.29 is 19.1 Å². The maximum Gasteiger partial charge on any atom is 0.413 e. The first-order valence-corrected chi connectivity index (χ1v) is 6.27. The molecule has 3 N–H and O–H groups in total. The molecule has 1 aromatic rings. The number of rotatable bonds is 5. The third-order valence-corrected chi connectivity index (χ3v) is 2.09. The number of aromatic nitrogens is 2. The van der Waals surface area contributed by atoms with Gasteiger partial charge in [-0.25, -0.2) is 9.59 Å². The zero-order chi connectivity index (χ0) is 16.8. The summed E-state index contributed by atoms with van der Waals surface area (Å²) in [5.41, 5.74) is 2.59. The number of ether oxygens (including phenoxy) is 1. The summed E-state index contributed by atoms with van der Waals surface area (Å²) in [6, 6.07) is 1.34. The van der Waals surface area contributed by atoms with E-state index in [2.05, 4.69) is 10.3 Å². The zero-order valence-corrected chi connectivity index (χ0v) is 12.4. The van der Waals surface area contributed by atoms with Gasteiger partial charge in [-0.15, -0.1) is 0 Å². The fraction of sp³-hybridized carbons (Fsp3) is 0.417. The molecule has 3 amide bonds. The highest BCUT2D eigenvalue weighted by atomic mass is 16.6. The van der Waals surface area contributed by atoms with E-state index in [4.69, 9.17) is 4.74 Å². The van der Waals surface area contributed by atoms with E-state index in [1.165, 1.54) is 12.3 Å². The summed E-state index contributed by atoms with van der Waals surface area (Å²) < 4.78 is 6.02. The normalized spacial score (nSPS) is 10.5. The first kappa shape index (κ1) is 17.1. The van der Waals surface area contributed by atoms with Crippen molar-refractivity contribution in [2.24, 2.45) is 0 Å². The minimum atomic E-state index is -0.745. The van der Waals surface area contributed by atoms with Crippen LogP contribution in [0.15, 0.2) is 17.1 Å². The second-order valence-corrected chi connectivity index (χ2v) is 5.16. The molecule has 0 atom stereocenters. The van der Waals surface area contributed by atoms with Gasteiger partial charge >= 0.3 is 11.8 Å². The Morgan fingerprint density at radius 3 is 2.64 bits per heavy atom. The van der Waals surface area contributed by atoms with Gasteiger partial charge < -0.3 is 4.74 Å². The van der Waals surface area contributed by atoms with Crippen molar-refractivity contribution in [3.63, 3.8) is 0 Å². The van der Waals surface area contributed by atoms with Crippen LogP contribution < -0.4 is 21.9 Å². The van der Waals surface area contributed by atoms with Crippen LogP contribution in [0.5, 0.6) is 0 Å². The Hall–Kier alpha value is -2.91. The number of amides is 3. The molecule has 0 spiro atoms. The predicted octanol–water partition coefficient (Wildman–Crippen LogP) is -0.632. The number of carbonyl (C=O) groups excluding carboxylic acids is 3. The molecular weight excluding hydrogens is 294 g/mol. The van der Waals surface area contributed by atoms with E-state index in [-0.39, 0.29) is 18.8 Å². The van der Waals surface area contributed by atoms with Crippen LogP contribution in [0.4, 0.5) is 10.6 Å². The summed E-state index contributed by atoms with van der Waals surface area (Å²) in [6.07, 6.45) is 0.819. The Bertz CT molecular complexity index is 619. The number of hydrogen-bond donors (Lipinski definition) is 3. The van der Waals surface area contributed by atoms with Gasteiger partial charge in [-0.05, 0) is 26.8 Å². The average molecular weight is 311 g/mol. The van der Waals surface area contributed by atoms with E-state index >= 15 is 0 Å². The third kappa shape index (κ3) is 6.03. The Labute approximate surface area is 125 Å². The summed E-state index contributed by atoms with van der Waals surface area (Å²) in [6.45, 7) is 4.76. The summed E-state index contributed by atoms with van der Waals surface area (Å²) in [5.74, 6) is -0.606. The van der Waals surface area contributed by atoms with Crippen LogP contribution in [0, 0.1) is 0 Å². The molecule has 1 heterocycles. The SMILES string of the molecule is CC(C)(C)OC(=O)Nc1ccn(CC(=O)NNC=O)c(=O)n1. The Morgan fingerprint density at radius 1 is 1.41 bits per heavy atom. The molecule has 1 rings (SSSR count).